The summed E-state index contributed by atoms with van der Waals surface area (Å²) < 4.78 is 28.4. The number of hydrogen-bond acceptors (Lipinski definition) is 4. The minimum atomic E-state index is -4.69. The number of carbonyl (C=O) groups excluding carboxylic acids is 1. The third-order valence-corrected chi connectivity index (χ3v) is 1.75. The zero-order valence-corrected chi connectivity index (χ0v) is 6.21. The molecular weight excluding hydrogens is 197 g/mol. The molecule has 8 heteroatoms. The van der Waals surface area contributed by atoms with Crippen molar-refractivity contribution in [2.24, 2.45) is 5.73 Å². The number of carbonyl (C=O) groups is 1. The van der Waals surface area contributed by atoms with E-state index in [0.717, 1.165) is 0 Å². The fourth-order valence-corrected chi connectivity index (χ4v) is 0.777. The van der Waals surface area contributed by atoms with Crippen molar-refractivity contribution in [2.75, 3.05) is 0 Å². The summed E-state index contributed by atoms with van der Waals surface area (Å²) in [6.07, 6.45) is 0. The number of primary amides is 1. The van der Waals surface area contributed by atoms with Crippen LogP contribution < -0.4 is 5.73 Å². The molecule has 1 unspecified atom stereocenters. The van der Waals surface area contributed by atoms with Crippen molar-refractivity contribution >= 4 is 45.6 Å². The summed E-state index contributed by atoms with van der Waals surface area (Å²) >= 11 is 0. The monoisotopic (exact) mass is 205 g/mol. The summed E-state index contributed by atoms with van der Waals surface area (Å²) in [5.74, 6) is -1.19. The molecule has 1 atom stereocenters. The Morgan fingerprint density at radius 3 is 1.92 bits per heavy atom. The first-order chi connectivity index (χ1) is 4.76. The van der Waals surface area contributed by atoms with E-state index in [4.69, 9.17) is 9.66 Å². The van der Waals surface area contributed by atoms with Crippen LogP contribution in [-0.4, -0.2) is 59.0 Å². The SMILES string of the molecule is C=C(C(N)=O)C(O)S(=O)(=O)O.[NaH]. The second-order valence-electron chi connectivity index (χ2n) is 1.76. The van der Waals surface area contributed by atoms with E-state index < -0.39 is 27.0 Å². The molecule has 4 N–H and O–H groups in total. The van der Waals surface area contributed by atoms with Crippen LogP contribution in [0.2, 0.25) is 0 Å². The van der Waals surface area contributed by atoms with E-state index in [1.165, 1.54) is 0 Å². The molecule has 0 saturated heterocycles. The fraction of sp³-hybridized carbons (Fsp3) is 0.250. The molecule has 0 aromatic heterocycles. The number of aliphatic hydroxyl groups excluding tert-OH is 1. The molecule has 0 fully saturated rings. The Labute approximate surface area is 91.5 Å². The Kier molecular flexibility index (Phi) is 6.02. The molecule has 0 rings (SSSR count). The molecule has 0 saturated carbocycles. The molecule has 0 aliphatic heterocycles. The number of nitrogens with two attached hydrogens (primary N) is 1. The standard InChI is InChI=1S/C4H7NO5S.Na.H/c1-2(3(5)6)4(7)11(8,9)10;;/h4,7H,1H2,(H2,5,6)(H,8,9,10);;. The van der Waals surface area contributed by atoms with E-state index >= 15 is 0 Å². The van der Waals surface area contributed by atoms with Crippen LogP contribution in [0, 0.1) is 0 Å². The van der Waals surface area contributed by atoms with Gasteiger partial charge in [-0.25, -0.2) is 0 Å². The molecule has 0 spiro atoms. The normalized spacial score (nSPS) is 12.8. The van der Waals surface area contributed by atoms with Crippen LogP contribution in [0.4, 0.5) is 0 Å². The molecular formula is C4H8NNaO5S. The molecule has 0 heterocycles. The Bertz CT molecular complexity index is 284. The van der Waals surface area contributed by atoms with Gasteiger partial charge in [0, 0.05) is 0 Å². The molecule has 0 aromatic carbocycles. The fourth-order valence-electron chi connectivity index (χ4n) is 0.301. The molecule has 66 valence electrons. The van der Waals surface area contributed by atoms with Gasteiger partial charge in [0.2, 0.25) is 11.3 Å². The molecule has 6 nitrogen and oxygen atoms in total. The van der Waals surface area contributed by atoms with Gasteiger partial charge in [-0.05, 0) is 0 Å². The van der Waals surface area contributed by atoms with Crippen LogP contribution in [0.5, 0.6) is 0 Å². The number of hydrogen-bond donors (Lipinski definition) is 3. The molecule has 0 aliphatic rings. The van der Waals surface area contributed by atoms with Crippen molar-refractivity contribution in [3.63, 3.8) is 0 Å². The Morgan fingerprint density at radius 1 is 1.50 bits per heavy atom. The van der Waals surface area contributed by atoms with E-state index in [2.05, 4.69) is 12.3 Å². The van der Waals surface area contributed by atoms with E-state index in [9.17, 15) is 13.2 Å². The second-order valence-corrected chi connectivity index (χ2v) is 3.23. The molecule has 0 radical (unpaired) electrons. The summed E-state index contributed by atoms with van der Waals surface area (Å²) in [6, 6.07) is 0. The minimum absolute atomic E-state index is 0. The van der Waals surface area contributed by atoms with Crippen molar-refractivity contribution in [2.45, 2.75) is 5.44 Å². The van der Waals surface area contributed by atoms with Gasteiger partial charge in [-0.1, -0.05) is 6.58 Å². The van der Waals surface area contributed by atoms with E-state index in [1.54, 1.807) is 0 Å². The third kappa shape index (κ3) is 4.19. The maximum absolute atomic E-state index is 10.2. The van der Waals surface area contributed by atoms with E-state index in [0.29, 0.717) is 0 Å². The van der Waals surface area contributed by atoms with Gasteiger partial charge < -0.3 is 10.8 Å². The number of rotatable bonds is 3. The molecule has 0 bridgehead atoms. The summed E-state index contributed by atoms with van der Waals surface area (Å²) in [5.41, 5.74) is 1.46. The average Bonchev–Trinajstić information content (AvgIpc) is 1.82. The first-order valence-electron chi connectivity index (χ1n) is 2.39. The van der Waals surface area contributed by atoms with E-state index in [1.807, 2.05) is 0 Å². The van der Waals surface area contributed by atoms with Crippen molar-refractivity contribution < 1.29 is 22.9 Å². The zero-order chi connectivity index (χ0) is 9.23. The van der Waals surface area contributed by atoms with Crippen molar-refractivity contribution in [1.29, 1.82) is 0 Å². The topological polar surface area (TPSA) is 118 Å². The molecule has 0 aromatic rings. The van der Waals surface area contributed by atoms with Gasteiger partial charge in [-0.2, -0.15) is 8.42 Å². The predicted octanol–water partition coefficient (Wildman–Crippen LogP) is -2.41. The molecule has 12 heavy (non-hydrogen) atoms. The Hall–Kier alpha value is 0.0800. The van der Waals surface area contributed by atoms with Gasteiger partial charge in [-0.15, -0.1) is 0 Å². The number of amides is 1. The first-order valence-corrected chi connectivity index (χ1v) is 3.90. The van der Waals surface area contributed by atoms with Gasteiger partial charge in [0.15, 0.2) is 0 Å². The third-order valence-electron chi connectivity index (χ3n) is 0.897. The Morgan fingerprint density at radius 2 is 1.83 bits per heavy atom. The van der Waals surface area contributed by atoms with Gasteiger partial charge in [0.05, 0.1) is 5.57 Å². The second kappa shape index (κ2) is 4.95. The van der Waals surface area contributed by atoms with Crippen LogP contribution in [0.15, 0.2) is 12.2 Å². The van der Waals surface area contributed by atoms with Crippen LogP contribution in [0.3, 0.4) is 0 Å². The van der Waals surface area contributed by atoms with Crippen molar-refractivity contribution in [3.8, 4) is 0 Å². The van der Waals surface area contributed by atoms with Crippen LogP contribution in [0.1, 0.15) is 0 Å². The van der Waals surface area contributed by atoms with Crippen LogP contribution in [-0.2, 0) is 14.9 Å². The predicted molar refractivity (Wildman–Crippen MR) is 43.0 cm³/mol. The molecule has 0 aliphatic carbocycles. The van der Waals surface area contributed by atoms with Crippen molar-refractivity contribution in [1.82, 2.24) is 0 Å². The summed E-state index contributed by atoms with van der Waals surface area (Å²) in [5, 5.41) is 8.59. The number of aliphatic hydroxyl groups is 1. The van der Waals surface area contributed by atoms with E-state index in [-0.39, 0.29) is 29.6 Å². The van der Waals surface area contributed by atoms with Gasteiger partial charge in [-0.3, -0.25) is 9.35 Å². The summed E-state index contributed by atoms with van der Waals surface area (Å²) in [6.45, 7) is 2.86. The van der Waals surface area contributed by atoms with Crippen LogP contribution in [0.25, 0.3) is 0 Å². The van der Waals surface area contributed by atoms with Crippen LogP contribution >= 0.6 is 0 Å². The first kappa shape index (κ1) is 14.6. The quantitative estimate of drug-likeness (QED) is 0.269. The van der Waals surface area contributed by atoms with Crippen molar-refractivity contribution in [3.05, 3.63) is 12.2 Å². The maximum atomic E-state index is 10.2. The summed E-state index contributed by atoms with van der Waals surface area (Å²) in [4.78, 5) is 10.2. The van der Waals surface area contributed by atoms with Gasteiger partial charge in [0.25, 0.3) is 10.1 Å². The Balaban J connectivity index is 0. The summed E-state index contributed by atoms with van der Waals surface area (Å²) in [7, 11) is -4.69. The zero-order valence-electron chi connectivity index (χ0n) is 5.39. The molecule has 1 amide bonds. The van der Waals surface area contributed by atoms with Gasteiger partial charge >= 0.3 is 29.6 Å². The van der Waals surface area contributed by atoms with Gasteiger partial charge in [0.1, 0.15) is 0 Å². The average molecular weight is 205 g/mol.